The van der Waals surface area contributed by atoms with Gasteiger partial charge in [0, 0.05) is 0 Å². The van der Waals surface area contributed by atoms with E-state index in [0.29, 0.717) is 5.70 Å². The van der Waals surface area contributed by atoms with Crippen molar-refractivity contribution in [3.63, 3.8) is 0 Å². The predicted molar refractivity (Wildman–Crippen MR) is 42.8 cm³/mol. The monoisotopic (exact) mass is 141 g/mol. The van der Waals surface area contributed by atoms with Gasteiger partial charge in [0.2, 0.25) is 0 Å². The lowest BCUT2D eigenvalue weighted by atomic mass is 10.2. The molecule has 1 nitrogen and oxygen atoms in total. The minimum absolute atomic E-state index is 0.310. The molecule has 0 fully saturated rings. The SMILES string of the molecule is C=NC(=C(C)C)/C(F)=C\C. The van der Waals surface area contributed by atoms with Gasteiger partial charge in [-0.2, -0.15) is 0 Å². The molecule has 0 atom stereocenters. The second-order valence-corrected chi connectivity index (χ2v) is 2.14. The first-order valence-corrected chi connectivity index (χ1v) is 3.09. The topological polar surface area (TPSA) is 12.4 Å². The Morgan fingerprint density at radius 3 is 2.10 bits per heavy atom. The van der Waals surface area contributed by atoms with Crippen LogP contribution in [0.15, 0.2) is 28.2 Å². The third kappa shape index (κ3) is 2.13. The fourth-order valence-corrected chi connectivity index (χ4v) is 0.609. The number of rotatable bonds is 2. The fraction of sp³-hybridized carbons (Fsp3) is 0.375. The van der Waals surface area contributed by atoms with E-state index in [2.05, 4.69) is 11.7 Å². The minimum Gasteiger partial charge on any atom is -0.262 e. The van der Waals surface area contributed by atoms with E-state index in [1.807, 2.05) is 0 Å². The summed E-state index contributed by atoms with van der Waals surface area (Å²) >= 11 is 0. The van der Waals surface area contributed by atoms with E-state index in [4.69, 9.17) is 0 Å². The molecule has 0 amide bonds. The number of allylic oxidation sites excluding steroid dienone is 3. The van der Waals surface area contributed by atoms with Gasteiger partial charge in [0.05, 0.1) is 5.70 Å². The lowest BCUT2D eigenvalue weighted by Gasteiger charge is -1.98. The van der Waals surface area contributed by atoms with Crippen LogP contribution in [0.5, 0.6) is 0 Å². The Morgan fingerprint density at radius 2 is 2.00 bits per heavy atom. The van der Waals surface area contributed by atoms with Crippen molar-refractivity contribution in [1.29, 1.82) is 0 Å². The van der Waals surface area contributed by atoms with Crippen molar-refractivity contribution in [2.24, 2.45) is 4.99 Å². The Balaban J connectivity index is 4.71. The van der Waals surface area contributed by atoms with Crippen molar-refractivity contribution in [3.8, 4) is 0 Å². The highest BCUT2D eigenvalue weighted by molar-refractivity contribution is 5.37. The summed E-state index contributed by atoms with van der Waals surface area (Å²) in [5, 5.41) is 0. The first kappa shape index (κ1) is 9.08. The molecule has 0 aromatic carbocycles. The molecule has 0 rings (SSSR count). The van der Waals surface area contributed by atoms with E-state index in [1.165, 1.54) is 6.08 Å². The maximum absolute atomic E-state index is 12.7. The van der Waals surface area contributed by atoms with Gasteiger partial charge >= 0.3 is 0 Å². The first-order valence-electron chi connectivity index (χ1n) is 3.09. The third-order valence-electron chi connectivity index (χ3n) is 1.11. The van der Waals surface area contributed by atoms with Gasteiger partial charge < -0.3 is 0 Å². The van der Waals surface area contributed by atoms with Gasteiger partial charge in [-0.25, -0.2) is 4.39 Å². The molecule has 0 unspecified atom stereocenters. The molecule has 56 valence electrons. The molecule has 0 bridgehead atoms. The van der Waals surface area contributed by atoms with Crippen LogP contribution in [-0.4, -0.2) is 6.72 Å². The molecule has 0 N–H and O–H groups in total. The molecule has 0 radical (unpaired) electrons. The molecule has 0 aromatic heterocycles. The summed E-state index contributed by atoms with van der Waals surface area (Å²) in [4.78, 5) is 3.54. The summed E-state index contributed by atoms with van der Waals surface area (Å²) in [6.07, 6.45) is 1.37. The first-order chi connectivity index (χ1) is 4.63. The molecule has 0 saturated heterocycles. The third-order valence-corrected chi connectivity index (χ3v) is 1.11. The molecule has 0 aliphatic carbocycles. The molecule has 10 heavy (non-hydrogen) atoms. The van der Waals surface area contributed by atoms with Gasteiger partial charge in [-0.3, -0.25) is 4.99 Å². The van der Waals surface area contributed by atoms with Crippen LogP contribution in [0.1, 0.15) is 20.8 Å². The highest BCUT2D eigenvalue weighted by Gasteiger charge is 2.00. The van der Waals surface area contributed by atoms with E-state index in [1.54, 1.807) is 20.8 Å². The van der Waals surface area contributed by atoms with Crippen LogP contribution in [0.25, 0.3) is 0 Å². The number of hydrogen-bond donors (Lipinski definition) is 0. The average molecular weight is 141 g/mol. The molecular formula is C8H12FN. The lowest BCUT2D eigenvalue weighted by molar-refractivity contribution is 0.644. The largest absolute Gasteiger partial charge is 0.262 e. The Hall–Kier alpha value is -0.920. The standard InChI is InChI=1S/C8H12FN/c1-5-7(9)8(10-4)6(2)3/h5H,4H2,1-3H3/b7-5+. The van der Waals surface area contributed by atoms with Gasteiger partial charge in [-0.15, -0.1) is 0 Å². The maximum Gasteiger partial charge on any atom is 0.144 e. The molecule has 2 heteroatoms. The Morgan fingerprint density at radius 1 is 1.50 bits per heavy atom. The maximum atomic E-state index is 12.7. The van der Waals surface area contributed by atoms with Gasteiger partial charge in [0.1, 0.15) is 5.83 Å². The quantitative estimate of drug-likeness (QED) is 0.414. The zero-order valence-corrected chi connectivity index (χ0v) is 6.61. The van der Waals surface area contributed by atoms with Crippen LogP contribution < -0.4 is 0 Å². The molecular weight excluding hydrogens is 129 g/mol. The number of aliphatic imine (C=N–C) groups is 1. The van der Waals surface area contributed by atoms with Gasteiger partial charge in [0.25, 0.3) is 0 Å². The summed E-state index contributed by atoms with van der Waals surface area (Å²) in [5.41, 5.74) is 1.19. The Kier molecular flexibility index (Phi) is 3.62. The van der Waals surface area contributed by atoms with Crippen LogP contribution >= 0.6 is 0 Å². The second kappa shape index (κ2) is 3.99. The van der Waals surface area contributed by atoms with Crippen LogP contribution in [0, 0.1) is 0 Å². The Labute approximate surface area is 61.0 Å². The van der Waals surface area contributed by atoms with Gasteiger partial charge in [-0.1, -0.05) is 0 Å². The van der Waals surface area contributed by atoms with Crippen molar-refractivity contribution in [3.05, 3.63) is 23.2 Å². The van der Waals surface area contributed by atoms with E-state index in [9.17, 15) is 4.39 Å². The molecule has 0 spiro atoms. The van der Waals surface area contributed by atoms with Crippen molar-refractivity contribution in [2.75, 3.05) is 0 Å². The summed E-state index contributed by atoms with van der Waals surface area (Å²) in [6, 6.07) is 0. The molecule has 0 aliphatic heterocycles. The van der Waals surface area contributed by atoms with E-state index in [-0.39, 0.29) is 5.83 Å². The van der Waals surface area contributed by atoms with E-state index in [0.717, 1.165) is 5.57 Å². The number of halogens is 1. The van der Waals surface area contributed by atoms with Crippen LogP contribution in [-0.2, 0) is 0 Å². The zero-order valence-electron chi connectivity index (χ0n) is 6.61. The van der Waals surface area contributed by atoms with Crippen LogP contribution in [0.3, 0.4) is 0 Å². The highest BCUT2D eigenvalue weighted by atomic mass is 19.1. The molecule has 0 heterocycles. The molecule has 0 saturated carbocycles. The highest BCUT2D eigenvalue weighted by Crippen LogP contribution is 2.15. The van der Waals surface area contributed by atoms with Crippen molar-refractivity contribution in [1.82, 2.24) is 0 Å². The summed E-state index contributed by atoms with van der Waals surface area (Å²) < 4.78 is 12.7. The van der Waals surface area contributed by atoms with Gasteiger partial charge in [-0.05, 0) is 39.1 Å². The predicted octanol–water partition coefficient (Wildman–Crippen LogP) is 2.85. The molecule has 0 aliphatic rings. The van der Waals surface area contributed by atoms with Gasteiger partial charge in [0.15, 0.2) is 0 Å². The molecule has 0 aromatic rings. The van der Waals surface area contributed by atoms with Crippen LogP contribution in [0.4, 0.5) is 4.39 Å². The van der Waals surface area contributed by atoms with Crippen molar-refractivity contribution < 1.29 is 4.39 Å². The number of nitrogens with zero attached hydrogens (tertiary/aromatic N) is 1. The lowest BCUT2D eigenvalue weighted by Crippen LogP contribution is -1.81. The van der Waals surface area contributed by atoms with Crippen LogP contribution in [0.2, 0.25) is 0 Å². The zero-order chi connectivity index (χ0) is 8.15. The minimum atomic E-state index is -0.310. The summed E-state index contributed by atoms with van der Waals surface area (Å²) in [7, 11) is 0. The average Bonchev–Trinajstić information content (AvgIpc) is 1.88. The van der Waals surface area contributed by atoms with Crippen molar-refractivity contribution >= 4 is 6.72 Å². The summed E-state index contributed by atoms with van der Waals surface area (Å²) in [6.45, 7) is 8.49. The summed E-state index contributed by atoms with van der Waals surface area (Å²) in [5.74, 6) is -0.310. The second-order valence-electron chi connectivity index (χ2n) is 2.14. The van der Waals surface area contributed by atoms with Crippen molar-refractivity contribution in [2.45, 2.75) is 20.8 Å². The van der Waals surface area contributed by atoms with E-state index < -0.39 is 0 Å². The smallest absolute Gasteiger partial charge is 0.144 e. The Bertz CT molecular complexity index is 185. The van der Waals surface area contributed by atoms with E-state index >= 15 is 0 Å². The number of hydrogen-bond acceptors (Lipinski definition) is 1. The normalized spacial score (nSPS) is 11.0. The fourth-order valence-electron chi connectivity index (χ4n) is 0.609.